The van der Waals surface area contributed by atoms with Gasteiger partial charge in [-0.2, -0.15) is 4.99 Å². The highest BCUT2D eigenvalue weighted by atomic mass is 35.5. The zero-order valence-corrected chi connectivity index (χ0v) is 17.1. The van der Waals surface area contributed by atoms with E-state index < -0.39 is 6.03 Å². The largest absolute Gasteiger partial charge is 0.495 e. The summed E-state index contributed by atoms with van der Waals surface area (Å²) in [6.45, 7) is 5.94. The number of hydrogen-bond donors (Lipinski definition) is 3. The SMILES string of the molecule is CCNC(=O)N/C(=N\c1nc(C)cc(C)n1)Nc1cc(OC)c(Cl)cc1OC. The zero-order chi connectivity index (χ0) is 20.7. The van der Waals surface area contributed by atoms with Gasteiger partial charge < -0.3 is 20.1 Å². The van der Waals surface area contributed by atoms with Gasteiger partial charge in [0, 0.05) is 30.1 Å². The highest BCUT2D eigenvalue weighted by Gasteiger charge is 2.14. The molecule has 28 heavy (non-hydrogen) atoms. The van der Waals surface area contributed by atoms with Crippen molar-refractivity contribution in [2.75, 3.05) is 26.1 Å². The van der Waals surface area contributed by atoms with Crippen molar-refractivity contribution < 1.29 is 14.3 Å². The summed E-state index contributed by atoms with van der Waals surface area (Å²) in [5.41, 5.74) is 2.01. The van der Waals surface area contributed by atoms with Crippen LogP contribution in [0.15, 0.2) is 23.2 Å². The molecule has 0 radical (unpaired) electrons. The van der Waals surface area contributed by atoms with Crippen LogP contribution >= 0.6 is 11.6 Å². The van der Waals surface area contributed by atoms with E-state index in [1.54, 1.807) is 12.1 Å². The van der Waals surface area contributed by atoms with E-state index in [9.17, 15) is 4.79 Å². The van der Waals surface area contributed by atoms with Gasteiger partial charge in [0.2, 0.25) is 5.96 Å². The first-order valence-corrected chi connectivity index (χ1v) is 8.88. The number of rotatable bonds is 5. The van der Waals surface area contributed by atoms with Crippen LogP contribution in [0.2, 0.25) is 5.02 Å². The molecule has 3 N–H and O–H groups in total. The number of carbonyl (C=O) groups is 1. The van der Waals surface area contributed by atoms with Crippen LogP contribution in [-0.4, -0.2) is 42.7 Å². The second kappa shape index (κ2) is 9.75. The summed E-state index contributed by atoms with van der Waals surface area (Å²) in [6, 6.07) is 4.63. The molecule has 1 heterocycles. The summed E-state index contributed by atoms with van der Waals surface area (Å²) in [5.74, 6) is 1.19. The molecule has 9 nitrogen and oxygen atoms in total. The third-order valence-electron chi connectivity index (χ3n) is 3.48. The summed E-state index contributed by atoms with van der Waals surface area (Å²) >= 11 is 6.14. The molecule has 1 aromatic heterocycles. The number of ether oxygens (including phenoxy) is 2. The molecule has 2 aromatic rings. The lowest BCUT2D eigenvalue weighted by molar-refractivity contribution is 0.246. The minimum Gasteiger partial charge on any atom is -0.495 e. The maximum Gasteiger partial charge on any atom is 0.321 e. The highest BCUT2D eigenvalue weighted by Crippen LogP contribution is 2.35. The van der Waals surface area contributed by atoms with Crippen LogP contribution in [0.1, 0.15) is 18.3 Å². The molecule has 0 fully saturated rings. The van der Waals surface area contributed by atoms with Crippen LogP contribution in [0, 0.1) is 13.8 Å². The van der Waals surface area contributed by atoms with E-state index in [2.05, 4.69) is 30.9 Å². The number of anilines is 1. The van der Waals surface area contributed by atoms with Crippen molar-refractivity contribution in [2.24, 2.45) is 4.99 Å². The Morgan fingerprint density at radius 2 is 1.75 bits per heavy atom. The average molecular weight is 407 g/mol. The molecular weight excluding hydrogens is 384 g/mol. The summed E-state index contributed by atoms with van der Waals surface area (Å²) in [7, 11) is 3.01. The molecule has 0 saturated carbocycles. The molecule has 0 aliphatic carbocycles. The fourth-order valence-corrected chi connectivity index (χ4v) is 2.57. The van der Waals surface area contributed by atoms with Gasteiger partial charge in [-0.1, -0.05) is 11.6 Å². The van der Waals surface area contributed by atoms with E-state index in [4.69, 9.17) is 21.1 Å². The van der Waals surface area contributed by atoms with Gasteiger partial charge in [-0.15, -0.1) is 0 Å². The van der Waals surface area contributed by atoms with Crippen molar-refractivity contribution in [3.63, 3.8) is 0 Å². The number of nitrogens with zero attached hydrogens (tertiary/aromatic N) is 3. The Bertz CT molecular complexity index is 868. The number of halogens is 1. The second-order valence-electron chi connectivity index (χ2n) is 5.71. The Balaban J connectivity index is 2.45. The molecule has 0 saturated heterocycles. The molecule has 0 atom stereocenters. The second-order valence-corrected chi connectivity index (χ2v) is 6.11. The van der Waals surface area contributed by atoms with Crippen molar-refractivity contribution >= 4 is 35.2 Å². The zero-order valence-electron chi connectivity index (χ0n) is 16.4. The molecule has 10 heteroatoms. The van der Waals surface area contributed by atoms with E-state index in [1.807, 2.05) is 26.8 Å². The van der Waals surface area contributed by atoms with Crippen molar-refractivity contribution in [3.8, 4) is 11.5 Å². The third-order valence-corrected chi connectivity index (χ3v) is 3.77. The Hall–Kier alpha value is -3.07. The van der Waals surface area contributed by atoms with Crippen LogP contribution < -0.4 is 25.4 Å². The first-order chi connectivity index (χ1) is 13.4. The van der Waals surface area contributed by atoms with Gasteiger partial charge in [0.1, 0.15) is 11.5 Å². The molecule has 2 amide bonds. The number of amides is 2. The number of aryl methyl sites for hydroxylation is 2. The van der Waals surface area contributed by atoms with Gasteiger partial charge in [0.05, 0.1) is 24.9 Å². The predicted octanol–water partition coefficient (Wildman–Crippen LogP) is 3.18. The fraction of sp³-hybridized carbons (Fsp3) is 0.333. The first kappa shape index (κ1) is 21.2. The van der Waals surface area contributed by atoms with Gasteiger partial charge >= 0.3 is 6.03 Å². The van der Waals surface area contributed by atoms with Crippen LogP contribution in [0.3, 0.4) is 0 Å². The number of carbonyl (C=O) groups excluding carboxylic acids is 1. The standard InChI is InChI=1S/C18H23ClN6O3/c1-6-20-18(26)25-17(24-16-21-10(2)7-11(3)22-16)23-13-9-14(27-4)12(19)8-15(13)28-5/h7-9H,6H2,1-5H3,(H3,20,21,22,23,24,25,26). The number of urea groups is 1. The van der Waals surface area contributed by atoms with Gasteiger partial charge in [0.25, 0.3) is 5.95 Å². The molecule has 2 rings (SSSR count). The van der Waals surface area contributed by atoms with Gasteiger partial charge in [0.15, 0.2) is 0 Å². The maximum absolute atomic E-state index is 12.0. The molecule has 0 aliphatic heterocycles. The number of aliphatic imine (C=N–C) groups is 1. The molecule has 0 spiro atoms. The van der Waals surface area contributed by atoms with Gasteiger partial charge in [-0.25, -0.2) is 14.8 Å². The van der Waals surface area contributed by atoms with Gasteiger partial charge in [-0.3, -0.25) is 5.32 Å². The summed E-state index contributed by atoms with van der Waals surface area (Å²) in [4.78, 5) is 24.9. The van der Waals surface area contributed by atoms with Crippen LogP contribution in [0.5, 0.6) is 11.5 Å². The van der Waals surface area contributed by atoms with E-state index in [0.29, 0.717) is 28.8 Å². The van der Waals surface area contributed by atoms with Crippen LogP contribution in [0.4, 0.5) is 16.4 Å². The highest BCUT2D eigenvalue weighted by molar-refractivity contribution is 6.32. The van der Waals surface area contributed by atoms with Crippen LogP contribution in [0.25, 0.3) is 0 Å². The minimum atomic E-state index is -0.432. The smallest absolute Gasteiger partial charge is 0.321 e. The first-order valence-electron chi connectivity index (χ1n) is 8.50. The van der Waals surface area contributed by atoms with Crippen molar-refractivity contribution in [3.05, 3.63) is 34.6 Å². The molecule has 0 bridgehead atoms. The molecule has 150 valence electrons. The topological polar surface area (TPSA) is 110 Å². The fourth-order valence-electron chi connectivity index (χ4n) is 2.34. The van der Waals surface area contributed by atoms with Crippen molar-refractivity contribution in [1.29, 1.82) is 0 Å². The minimum absolute atomic E-state index is 0.110. The van der Waals surface area contributed by atoms with E-state index in [0.717, 1.165) is 11.4 Å². The van der Waals surface area contributed by atoms with E-state index in [1.165, 1.54) is 14.2 Å². The molecule has 0 unspecified atom stereocenters. The Morgan fingerprint density at radius 3 is 2.32 bits per heavy atom. The number of methoxy groups -OCH3 is 2. The van der Waals surface area contributed by atoms with Crippen LogP contribution in [-0.2, 0) is 0 Å². The lowest BCUT2D eigenvalue weighted by Gasteiger charge is -2.16. The summed E-state index contributed by atoms with van der Waals surface area (Å²) in [6.07, 6.45) is 0. The molecule has 0 aliphatic rings. The predicted molar refractivity (Wildman–Crippen MR) is 109 cm³/mol. The summed E-state index contributed by atoms with van der Waals surface area (Å²) in [5, 5.41) is 8.68. The number of benzene rings is 1. The monoisotopic (exact) mass is 406 g/mol. The molecule has 1 aromatic carbocycles. The average Bonchev–Trinajstić information content (AvgIpc) is 2.62. The van der Waals surface area contributed by atoms with E-state index >= 15 is 0 Å². The molecular formula is C18H23ClN6O3. The lowest BCUT2D eigenvalue weighted by Crippen LogP contribution is -2.42. The Morgan fingerprint density at radius 1 is 1.11 bits per heavy atom. The van der Waals surface area contributed by atoms with Gasteiger partial charge in [-0.05, 0) is 26.8 Å². The van der Waals surface area contributed by atoms with Crippen molar-refractivity contribution in [2.45, 2.75) is 20.8 Å². The Labute approximate surface area is 168 Å². The normalized spacial score (nSPS) is 11.0. The number of nitrogens with one attached hydrogen (secondary N) is 3. The summed E-state index contributed by atoms with van der Waals surface area (Å²) < 4.78 is 10.6. The lowest BCUT2D eigenvalue weighted by atomic mass is 10.2. The number of aromatic nitrogens is 2. The van der Waals surface area contributed by atoms with Crippen molar-refractivity contribution in [1.82, 2.24) is 20.6 Å². The van der Waals surface area contributed by atoms with E-state index in [-0.39, 0.29) is 11.9 Å². The quantitative estimate of drug-likeness (QED) is 0.519. The third kappa shape index (κ3) is 5.71. The Kier molecular flexibility index (Phi) is 7.39. The number of guanidine groups is 1. The number of hydrogen-bond acceptors (Lipinski definition) is 6. The maximum atomic E-state index is 12.0.